The summed E-state index contributed by atoms with van der Waals surface area (Å²) in [5.41, 5.74) is 2.34. The first-order valence-electron chi connectivity index (χ1n) is 13.0. The van der Waals surface area contributed by atoms with Gasteiger partial charge in [0.05, 0.1) is 19.0 Å². The van der Waals surface area contributed by atoms with E-state index in [1.54, 1.807) is 0 Å². The molecule has 6 rings (SSSR count). The van der Waals surface area contributed by atoms with Crippen molar-refractivity contribution in [2.24, 2.45) is 11.8 Å². The zero-order valence-corrected chi connectivity index (χ0v) is 19.7. The second-order valence-electron chi connectivity index (χ2n) is 10.7. The molecule has 5 aliphatic rings. The summed E-state index contributed by atoms with van der Waals surface area (Å²) in [4.78, 5) is 45.0. The van der Waals surface area contributed by atoms with Gasteiger partial charge in [-0.15, -0.1) is 0 Å². The van der Waals surface area contributed by atoms with Crippen molar-refractivity contribution in [1.82, 2.24) is 20.0 Å². The lowest BCUT2D eigenvalue weighted by atomic mass is 9.68. The van der Waals surface area contributed by atoms with Crippen molar-refractivity contribution in [3.63, 3.8) is 0 Å². The lowest BCUT2D eigenvalue weighted by molar-refractivity contribution is -0.139. The van der Waals surface area contributed by atoms with Crippen LogP contribution in [-0.4, -0.2) is 70.3 Å². The SMILES string of the molecule is O=C1N[C@@H](CC(=O)N2CCCC3=C[C@H]4C[C@@H](CN5CCCC[C@H]45)[C@@H]32)C(=O)N1Cc1ccccc1. The lowest BCUT2D eigenvalue weighted by Gasteiger charge is -2.54. The van der Waals surface area contributed by atoms with E-state index in [0.29, 0.717) is 17.9 Å². The number of likely N-dealkylation sites (tertiary alicyclic amines) is 1. The van der Waals surface area contributed by atoms with Crippen LogP contribution in [0, 0.1) is 11.8 Å². The summed E-state index contributed by atoms with van der Waals surface area (Å²) in [5, 5.41) is 2.76. The quantitative estimate of drug-likeness (QED) is 0.552. The Kier molecular flexibility index (Phi) is 5.68. The van der Waals surface area contributed by atoms with Crippen molar-refractivity contribution in [3.8, 4) is 0 Å². The third-order valence-corrected chi connectivity index (χ3v) is 8.65. The molecule has 180 valence electrons. The Morgan fingerprint density at radius 1 is 1.06 bits per heavy atom. The van der Waals surface area contributed by atoms with E-state index in [0.717, 1.165) is 31.5 Å². The first-order valence-corrected chi connectivity index (χ1v) is 13.0. The van der Waals surface area contributed by atoms with Crippen LogP contribution in [-0.2, 0) is 16.1 Å². The average molecular weight is 463 g/mol. The monoisotopic (exact) mass is 462 g/mol. The zero-order chi connectivity index (χ0) is 23.2. The van der Waals surface area contributed by atoms with Gasteiger partial charge in [-0.3, -0.25) is 19.4 Å². The Balaban J connectivity index is 1.16. The van der Waals surface area contributed by atoms with Gasteiger partial charge in [-0.05, 0) is 56.0 Å². The van der Waals surface area contributed by atoms with Crippen LogP contribution in [0.1, 0.15) is 50.5 Å². The van der Waals surface area contributed by atoms with Crippen LogP contribution in [0.5, 0.6) is 0 Å². The highest BCUT2D eigenvalue weighted by Gasteiger charge is 2.48. The van der Waals surface area contributed by atoms with Gasteiger partial charge >= 0.3 is 6.03 Å². The number of rotatable bonds is 4. The fourth-order valence-corrected chi connectivity index (χ4v) is 7.18. The van der Waals surface area contributed by atoms with E-state index in [1.165, 1.54) is 42.7 Å². The first kappa shape index (κ1) is 21.8. The maximum absolute atomic E-state index is 13.5. The molecule has 0 unspecified atom stereocenters. The molecule has 1 aromatic carbocycles. The van der Waals surface area contributed by atoms with E-state index >= 15 is 0 Å². The molecular formula is C27H34N4O3. The molecule has 1 aromatic rings. The highest BCUT2D eigenvalue weighted by molar-refractivity contribution is 6.05. The minimum Gasteiger partial charge on any atom is -0.336 e. The van der Waals surface area contributed by atoms with Gasteiger partial charge in [0.15, 0.2) is 0 Å². The number of urea groups is 1. The Hall–Kier alpha value is -2.67. The Labute approximate surface area is 201 Å². The maximum atomic E-state index is 13.5. The number of carbonyl (C=O) groups is 3. The van der Waals surface area contributed by atoms with E-state index in [9.17, 15) is 14.4 Å². The highest BCUT2D eigenvalue weighted by atomic mass is 16.2. The van der Waals surface area contributed by atoms with Crippen molar-refractivity contribution in [2.45, 2.75) is 69.6 Å². The summed E-state index contributed by atoms with van der Waals surface area (Å²) in [6, 6.07) is 9.15. The number of nitrogens with one attached hydrogen (secondary N) is 1. The lowest BCUT2D eigenvalue weighted by Crippen LogP contribution is -2.60. The Morgan fingerprint density at radius 3 is 2.76 bits per heavy atom. The molecular weight excluding hydrogens is 428 g/mol. The Bertz CT molecular complexity index is 1010. The van der Waals surface area contributed by atoms with Crippen molar-refractivity contribution in [1.29, 1.82) is 0 Å². The molecule has 34 heavy (non-hydrogen) atoms. The number of amides is 4. The van der Waals surface area contributed by atoms with E-state index in [1.807, 2.05) is 35.2 Å². The van der Waals surface area contributed by atoms with E-state index in [-0.39, 0.29) is 30.8 Å². The number of fused-ring (bicyclic) bond motifs is 6. The van der Waals surface area contributed by atoms with Crippen LogP contribution in [0.4, 0.5) is 4.79 Å². The van der Waals surface area contributed by atoms with Gasteiger partial charge in [-0.25, -0.2) is 4.79 Å². The van der Waals surface area contributed by atoms with Crippen molar-refractivity contribution < 1.29 is 14.4 Å². The van der Waals surface area contributed by atoms with Crippen LogP contribution in [0.15, 0.2) is 42.0 Å². The summed E-state index contributed by atoms with van der Waals surface area (Å²) in [6.45, 7) is 3.24. The first-order chi connectivity index (χ1) is 16.6. The summed E-state index contributed by atoms with van der Waals surface area (Å²) < 4.78 is 0. The molecule has 4 fully saturated rings. The van der Waals surface area contributed by atoms with Gasteiger partial charge in [-0.1, -0.05) is 48.4 Å². The molecule has 7 nitrogen and oxygen atoms in total. The van der Waals surface area contributed by atoms with E-state index in [2.05, 4.69) is 16.3 Å². The Morgan fingerprint density at radius 2 is 1.91 bits per heavy atom. The smallest absolute Gasteiger partial charge is 0.325 e. The number of benzene rings is 1. The summed E-state index contributed by atoms with van der Waals surface area (Å²) >= 11 is 0. The van der Waals surface area contributed by atoms with Gasteiger partial charge in [0.2, 0.25) is 5.91 Å². The van der Waals surface area contributed by atoms with Gasteiger partial charge in [0.25, 0.3) is 5.91 Å². The predicted molar refractivity (Wildman–Crippen MR) is 128 cm³/mol. The molecule has 0 spiro atoms. The molecule has 5 atom stereocenters. The number of nitrogens with zero attached hydrogens (tertiary/aromatic N) is 3. The molecule has 0 saturated carbocycles. The summed E-state index contributed by atoms with van der Waals surface area (Å²) in [7, 11) is 0. The molecule has 1 N–H and O–H groups in total. The molecule has 4 aliphatic heterocycles. The molecule has 4 amide bonds. The van der Waals surface area contributed by atoms with Gasteiger partial charge in [0, 0.05) is 19.1 Å². The molecule has 1 aliphatic carbocycles. The number of hydrogen-bond donors (Lipinski definition) is 1. The highest BCUT2D eigenvalue weighted by Crippen LogP contribution is 2.45. The van der Waals surface area contributed by atoms with Crippen molar-refractivity contribution >= 4 is 17.8 Å². The number of imide groups is 1. The fourth-order valence-electron chi connectivity index (χ4n) is 7.18. The second-order valence-corrected chi connectivity index (χ2v) is 10.7. The molecule has 2 bridgehead atoms. The molecule has 4 heterocycles. The molecule has 7 heteroatoms. The fraction of sp³-hybridized carbons (Fsp3) is 0.593. The van der Waals surface area contributed by atoms with Crippen LogP contribution in [0.25, 0.3) is 0 Å². The van der Waals surface area contributed by atoms with Crippen molar-refractivity contribution in [2.75, 3.05) is 19.6 Å². The predicted octanol–water partition coefficient (Wildman–Crippen LogP) is 2.92. The maximum Gasteiger partial charge on any atom is 0.325 e. The van der Waals surface area contributed by atoms with Crippen LogP contribution in [0.2, 0.25) is 0 Å². The van der Waals surface area contributed by atoms with Gasteiger partial charge < -0.3 is 10.2 Å². The minimum atomic E-state index is -0.771. The largest absolute Gasteiger partial charge is 0.336 e. The minimum absolute atomic E-state index is 0.00460. The van der Waals surface area contributed by atoms with E-state index in [4.69, 9.17) is 0 Å². The van der Waals surface area contributed by atoms with Gasteiger partial charge in [-0.2, -0.15) is 0 Å². The van der Waals surface area contributed by atoms with Gasteiger partial charge in [0.1, 0.15) is 6.04 Å². The summed E-state index contributed by atoms with van der Waals surface area (Å²) in [6.07, 6.45) is 9.70. The topological polar surface area (TPSA) is 73.0 Å². The molecule has 4 saturated heterocycles. The third-order valence-electron chi connectivity index (χ3n) is 8.65. The molecule has 0 aromatic heterocycles. The number of carbonyl (C=O) groups excluding carboxylic acids is 3. The number of hydrogen-bond acceptors (Lipinski definition) is 4. The zero-order valence-electron chi connectivity index (χ0n) is 19.7. The molecule has 0 radical (unpaired) electrons. The van der Waals surface area contributed by atoms with Crippen LogP contribution >= 0.6 is 0 Å². The average Bonchev–Trinajstić information content (AvgIpc) is 3.11. The van der Waals surface area contributed by atoms with E-state index < -0.39 is 12.1 Å². The number of piperidine rings is 3. The van der Waals surface area contributed by atoms with Crippen LogP contribution in [0.3, 0.4) is 0 Å². The summed E-state index contributed by atoms with van der Waals surface area (Å²) in [5.74, 6) is 0.803. The third kappa shape index (κ3) is 3.84. The van der Waals surface area contributed by atoms with Crippen LogP contribution < -0.4 is 5.32 Å². The second kappa shape index (κ2) is 8.84. The van der Waals surface area contributed by atoms with Crippen molar-refractivity contribution in [3.05, 3.63) is 47.5 Å². The standard InChI is InChI=1S/C27H34N4O3/c32-24(15-22-26(33)31(27(34)28-22)16-18-7-2-1-3-8-18)30-12-6-9-19-13-20-14-21(25(19)30)17-29-11-5-4-10-23(20)29/h1-3,7-8,13,20-23,25H,4-6,9-12,14-17H2,(H,28,34)/t20-,21-,22-,23+,25+/m0/s1. The normalized spacial score (nSPS) is 33.2.